The van der Waals surface area contributed by atoms with Crippen molar-refractivity contribution in [3.63, 3.8) is 0 Å². The third-order valence-corrected chi connectivity index (χ3v) is 4.85. The fourth-order valence-corrected chi connectivity index (χ4v) is 3.57. The summed E-state index contributed by atoms with van der Waals surface area (Å²) in [6.07, 6.45) is 2.37. The summed E-state index contributed by atoms with van der Waals surface area (Å²) in [5.41, 5.74) is 2.93. The molecule has 0 saturated carbocycles. The van der Waals surface area contributed by atoms with Crippen molar-refractivity contribution in [3.8, 4) is 0 Å². The Morgan fingerprint density at radius 1 is 1.05 bits per heavy atom. The molecule has 0 bridgehead atoms. The third kappa shape index (κ3) is 7.92. The summed E-state index contributed by atoms with van der Waals surface area (Å²) in [4.78, 5) is 0. The van der Waals surface area contributed by atoms with E-state index < -0.39 is 0 Å². The monoisotopic (exact) mass is 307 g/mol. The lowest BCUT2D eigenvalue weighted by atomic mass is 9.98. The molecule has 0 aliphatic carbocycles. The van der Waals surface area contributed by atoms with E-state index in [1.807, 2.05) is 0 Å². The molecule has 1 nitrogen and oxygen atoms in total. The van der Waals surface area contributed by atoms with Crippen LogP contribution >= 0.6 is 11.8 Å². The lowest BCUT2D eigenvalue weighted by Crippen LogP contribution is -2.24. The number of thioether (sulfide) groups is 1. The lowest BCUT2D eigenvalue weighted by molar-refractivity contribution is 0.575. The molecule has 1 atom stereocenters. The van der Waals surface area contributed by atoms with E-state index in [4.69, 9.17) is 0 Å². The Labute approximate surface area is 136 Å². The molecule has 0 amide bonds. The van der Waals surface area contributed by atoms with E-state index >= 15 is 0 Å². The Balaban J connectivity index is 2.71. The number of hydrogen-bond acceptors (Lipinski definition) is 2. The maximum atomic E-state index is 3.72. The van der Waals surface area contributed by atoms with E-state index in [-0.39, 0.29) is 0 Å². The van der Waals surface area contributed by atoms with Crippen molar-refractivity contribution >= 4 is 11.8 Å². The average Bonchev–Trinajstić information content (AvgIpc) is 2.41. The van der Waals surface area contributed by atoms with E-state index in [0.717, 1.165) is 18.4 Å². The normalized spacial score (nSPS) is 13.1. The molecule has 2 heteroatoms. The van der Waals surface area contributed by atoms with Crippen LogP contribution in [0.25, 0.3) is 0 Å². The van der Waals surface area contributed by atoms with Gasteiger partial charge >= 0.3 is 0 Å². The van der Waals surface area contributed by atoms with Gasteiger partial charge in [-0.05, 0) is 48.1 Å². The number of rotatable bonds is 10. The quantitative estimate of drug-likeness (QED) is 0.628. The Hall–Kier alpha value is -0.470. The van der Waals surface area contributed by atoms with Crippen LogP contribution in [0.3, 0.4) is 0 Å². The summed E-state index contributed by atoms with van der Waals surface area (Å²) in [5, 5.41) is 3.72. The summed E-state index contributed by atoms with van der Waals surface area (Å²) in [6, 6.07) is 9.67. The van der Waals surface area contributed by atoms with Gasteiger partial charge in [0, 0.05) is 11.8 Å². The first-order valence-electron chi connectivity index (χ1n) is 8.42. The summed E-state index contributed by atoms with van der Waals surface area (Å²) >= 11 is 2.07. The molecule has 0 spiro atoms. The molecule has 120 valence electrons. The molecule has 0 aromatic heterocycles. The Morgan fingerprint density at radius 3 is 2.43 bits per heavy atom. The van der Waals surface area contributed by atoms with Crippen LogP contribution in [0.4, 0.5) is 0 Å². The van der Waals surface area contributed by atoms with Crippen molar-refractivity contribution in [2.24, 2.45) is 11.8 Å². The van der Waals surface area contributed by atoms with Crippen molar-refractivity contribution in [1.29, 1.82) is 0 Å². The summed E-state index contributed by atoms with van der Waals surface area (Å²) < 4.78 is 0. The van der Waals surface area contributed by atoms with Gasteiger partial charge in [0.15, 0.2) is 0 Å². The maximum Gasteiger partial charge on any atom is 0.0411 e. The predicted octanol–water partition coefficient (Wildman–Crippen LogP) is 5.32. The van der Waals surface area contributed by atoms with Gasteiger partial charge in [-0.2, -0.15) is 11.8 Å². The van der Waals surface area contributed by atoms with Gasteiger partial charge in [-0.3, -0.25) is 0 Å². The number of nitrogens with one attached hydrogen (secondary N) is 1. The minimum atomic E-state index is 0.487. The van der Waals surface area contributed by atoms with Gasteiger partial charge in [-0.15, -0.1) is 0 Å². The Morgan fingerprint density at radius 2 is 1.81 bits per heavy atom. The SMILES string of the molecule is CCCNC(CSCC(C)C)c1cccc(CC(C)C)c1. The van der Waals surface area contributed by atoms with E-state index in [1.165, 1.54) is 35.5 Å². The first-order chi connectivity index (χ1) is 10.0. The van der Waals surface area contributed by atoms with Gasteiger partial charge in [0.05, 0.1) is 0 Å². The summed E-state index contributed by atoms with van der Waals surface area (Å²) in [7, 11) is 0. The fourth-order valence-electron chi connectivity index (χ4n) is 2.42. The summed E-state index contributed by atoms with van der Waals surface area (Å²) in [6.45, 7) is 12.5. The van der Waals surface area contributed by atoms with Gasteiger partial charge in [-0.25, -0.2) is 0 Å². The fraction of sp³-hybridized carbons (Fsp3) is 0.684. The molecule has 1 aromatic carbocycles. The van der Waals surface area contributed by atoms with E-state index in [1.54, 1.807) is 0 Å². The van der Waals surface area contributed by atoms with Gasteiger partial charge in [0.25, 0.3) is 0 Å². The molecule has 0 heterocycles. The second-order valence-electron chi connectivity index (χ2n) is 6.78. The van der Waals surface area contributed by atoms with Crippen LogP contribution in [0.15, 0.2) is 24.3 Å². The van der Waals surface area contributed by atoms with Crippen LogP contribution in [-0.4, -0.2) is 18.1 Å². The second kappa shape index (κ2) is 10.3. The molecule has 0 radical (unpaired) electrons. The molecule has 0 aliphatic heterocycles. The molecule has 1 N–H and O–H groups in total. The van der Waals surface area contributed by atoms with Crippen LogP contribution < -0.4 is 5.32 Å². The molecule has 1 unspecified atom stereocenters. The molecule has 21 heavy (non-hydrogen) atoms. The third-order valence-electron chi connectivity index (χ3n) is 3.37. The molecule has 0 saturated heterocycles. The minimum Gasteiger partial charge on any atom is -0.309 e. The van der Waals surface area contributed by atoms with E-state index in [0.29, 0.717) is 6.04 Å². The van der Waals surface area contributed by atoms with Gasteiger partial charge < -0.3 is 5.32 Å². The molecule has 0 aliphatic rings. The number of benzene rings is 1. The zero-order valence-electron chi connectivity index (χ0n) is 14.5. The smallest absolute Gasteiger partial charge is 0.0411 e. The first-order valence-corrected chi connectivity index (χ1v) is 9.58. The predicted molar refractivity (Wildman–Crippen MR) is 98.2 cm³/mol. The highest BCUT2D eigenvalue weighted by Gasteiger charge is 2.12. The standard InChI is InChI=1S/C19H33NS/c1-6-10-20-19(14-21-13-16(4)5)18-9-7-8-17(12-18)11-15(2)3/h7-9,12,15-16,19-20H,6,10-11,13-14H2,1-5H3. The molecular formula is C19H33NS. The lowest BCUT2D eigenvalue weighted by Gasteiger charge is -2.20. The Bertz CT molecular complexity index is 387. The van der Waals surface area contributed by atoms with Gasteiger partial charge in [0.2, 0.25) is 0 Å². The molecule has 1 rings (SSSR count). The largest absolute Gasteiger partial charge is 0.309 e. The van der Waals surface area contributed by atoms with Crippen molar-refractivity contribution in [1.82, 2.24) is 5.32 Å². The first kappa shape index (κ1) is 18.6. The maximum absolute atomic E-state index is 3.72. The van der Waals surface area contributed by atoms with E-state index in [9.17, 15) is 0 Å². The topological polar surface area (TPSA) is 12.0 Å². The highest BCUT2D eigenvalue weighted by molar-refractivity contribution is 7.99. The van der Waals surface area contributed by atoms with Gasteiger partial charge in [0.1, 0.15) is 0 Å². The van der Waals surface area contributed by atoms with Crippen molar-refractivity contribution in [3.05, 3.63) is 35.4 Å². The van der Waals surface area contributed by atoms with E-state index in [2.05, 4.69) is 76.0 Å². The van der Waals surface area contributed by atoms with Crippen molar-refractivity contribution in [2.75, 3.05) is 18.1 Å². The molecule has 0 fully saturated rings. The average molecular weight is 308 g/mol. The number of hydrogen-bond donors (Lipinski definition) is 1. The van der Waals surface area contributed by atoms with Crippen LogP contribution in [-0.2, 0) is 6.42 Å². The minimum absolute atomic E-state index is 0.487. The molecule has 1 aromatic rings. The van der Waals surface area contributed by atoms with Crippen LogP contribution in [0.1, 0.15) is 58.2 Å². The summed E-state index contributed by atoms with van der Waals surface area (Å²) in [5.74, 6) is 3.91. The zero-order chi connectivity index (χ0) is 15.7. The Kier molecular flexibility index (Phi) is 9.10. The van der Waals surface area contributed by atoms with Crippen LogP contribution in [0.2, 0.25) is 0 Å². The highest BCUT2D eigenvalue weighted by atomic mass is 32.2. The van der Waals surface area contributed by atoms with Crippen molar-refractivity contribution < 1.29 is 0 Å². The molecular weight excluding hydrogens is 274 g/mol. The van der Waals surface area contributed by atoms with Gasteiger partial charge in [-0.1, -0.05) is 58.9 Å². The zero-order valence-corrected chi connectivity index (χ0v) is 15.3. The second-order valence-corrected chi connectivity index (χ2v) is 7.86. The highest BCUT2D eigenvalue weighted by Crippen LogP contribution is 2.22. The van der Waals surface area contributed by atoms with Crippen LogP contribution in [0.5, 0.6) is 0 Å². The van der Waals surface area contributed by atoms with Crippen molar-refractivity contribution in [2.45, 2.75) is 53.5 Å². The van der Waals surface area contributed by atoms with Crippen LogP contribution in [0, 0.1) is 11.8 Å².